The molecule has 2 unspecified atom stereocenters. The number of allylic oxidation sites excluding steroid dienone is 1. The van der Waals surface area contributed by atoms with Crippen LogP contribution < -0.4 is 26.3 Å². The number of nitrogens with two attached hydrogens (primary N) is 2. The van der Waals surface area contributed by atoms with Crippen LogP contribution in [0.3, 0.4) is 0 Å². The van der Waals surface area contributed by atoms with Crippen molar-refractivity contribution >= 4 is 11.7 Å². The fourth-order valence-corrected chi connectivity index (χ4v) is 4.34. The Morgan fingerprint density at radius 2 is 2.12 bits per heavy atom. The molecule has 1 saturated heterocycles. The first kappa shape index (κ1) is 23.2. The maximum Gasteiger partial charge on any atom is 0.339 e. The maximum absolute atomic E-state index is 14.1. The minimum Gasteiger partial charge on any atom is -0.493 e. The number of carbonyl (C=O) groups excluding carboxylic acids is 1. The number of ether oxygens (including phenoxy) is 3. The van der Waals surface area contributed by atoms with E-state index in [2.05, 4.69) is 15.2 Å². The van der Waals surface area contributed by atoms with Crippen molar-refractivity contribution in [2.75, 3.05) is 27.3 Å². The smallest absolute Gasteiger partial charge is 0.339 e. The summed E-state index contributed by atoms with van der Waals surface area (Å²) in [5.74, 6) is 0.0571. The molecule has 2 aliphatic heterocycles. The normalized spacial score (nSPS) is 20.0. The highest BCUT2D eigenvalue weighted by Gasteiger charge is 2.37. The summed E-state index contributed by atoms with van der Waals surface area (Å²) >= 11 is 0. The quantitative estimate of drug-likeness (QED) is 0.544. The van der Waals surface area contributed by atoms with Crippen LogP contribution in [0.25, 0.3) is 5.70 Å². The van der Waals surface area contributed by atoms with Gasteiger partial charge in [0.2, 0.25) is 5.88 Å². The van der Waals surface area contributed by atoms with E-state index in [1.807, 2.05) is 0 Å². The summed E-state index contributed by atoms with van der Waals surface area (Å²) in [5.41, 5.74) is 15.2. The van der Waals surface area contributed by atoms with Crippen molar-refractivity contribution < 1.29 is 23.4 Å². The van der Waals surface area contributed by atoms with E-state index in [4.69, 9.17) is 25.7 Å². The molecule has 2 aromatic rings. The molecule has 0 spiro atoms. The Balaban J connectivity index is 1.54. The van der Waals surface area contributed by atoms with Crippen LogP contribution in [0.5, 0.6) is 11.6 Å². The number of hydrogen-bond acceptors (Lipinski definition) is 9. The Kier molecular flexibility index (Phi) is 6.49. The number of methoxy groups -OCH3 is 2. The lowest BCUT2D eigenvalue weighted by molar-refractivity contribution is 0.0599. The molecule has 4 rings (SSSR count). The molecule has 9 nitrogen and oxygen atoms in total. The summed E-state index contributed by atoms with van der Waals surface area (Å²) in [6, 6.07) is 6.44. The van der Waals surface area contributed by atoms with E-state index < -0.39 is 11.8 Å². The van der Waals surface area contributed by atoms with Crippen molar-refractivity contribution in [2.24, 2.45) is 11.5 Å². The van der Waals surface area contributed by atoms with Crippen LogP contribution in [0.15, 0.2) is 48.1 Å². The van der Waals surface area contributed by atoms with E-state index in [9.17, 15) is 9.18 Å². The third kappa shape index (κ3) is 4.43. The molecular weight excluding hydrogens is 441 g/mol. The molecule has 5 N–H and O–H groups in total. The molecule has 2 atom stereocenters. The molecule has 34 heavy (non-hydrogen) atoms. The van der Waals surface area contributed by atoms with Gasteiger partial charge in [-0.05, 0) is 30.7 Å². The SMILES string of the molecule is COC(=O)c1cnc(OC2CC3CNC(N)=C(/C=C(\N)c4cccc(F)c4OC)N3C2)cc1C. The van der Waals surface area contributed by atoms with Crippen molar-refractivity contribution in [3.8, 4) is 11.6 Å². The summed E-state index contributed by atoms with van der Waals surface area (Å²) in [4.78, 5) is 18.2. The monoisotopic (exact) mass is 469 g/mol. The zero-order valence-electron chi connectivity index (χ0n) is 19.3. The lowest BCUT2D eigenvalue weighted by Crippen LogP contribution is -2.45. The number of aromatic nitrogens is 1. The van der Waals surface area contributed by atoms with Crippen molar-refractivity contribution in [1.29, 1.82) is 0 Å². The van der Waals surface area contributed by atoms with Gasteiger partial charge in [-0.1, -0.05) is 6.07 Å². The van der Waals surface area contributed by atoms with Gasteiger partial charge in [-0.3, -0.25) is 0 Å². The molecule has 0 bridgehead atoms. The number of esters is 1. The summed E-state index contributed by atoms with van der Waals surface area (Å²) in [5, 5.41) is 3.21. The third-order valence-corrected chi connectivity index (χ3v) is 6.04. The van der Waals surface area contributed by atoms with Crippen molar-refractivity contribution in [1.82, 2.24) is 15.2 Å². The van der Waals surface area contributed by atoms with Crippen LogP contribution in [-0.2, 0) is 4.74 Å². The largest absolute Gasteiger partial charge is 0.493 e. The molecule has 1 aromatic heterocycles. The molecule has 0 saturated carbocycles. The predicted molar refractivity (Wildman–Crippen MR) is 124 cm³/mol. The Bertz CT molecular complexity index is 1170. The minimum atomic E-state index is -0.492. The Hall–Kier alpha value is -3.95. The highest BCUT2D eigenvalue weighted by Crippen LogP contribution is 2.32. The second kappa shape index (κ2) is 9.50. The molecule has 0 aliphatic carbocycles. The zero-order chi connectivity index (χ0) is 24.4. The van der Waals surface area contributed by atoms with Crippen molar-refractivity contribution in [3.05, 3.63) is 70.6 Å². The third-order valence-electron chi connectivity index (χ3n) is 6.04. The molecule has 1 fully saturated rings. The lowest BCUT2D eigenvalue weighted by atomic mass is 10.1. The average Bonchev–Trinajstić information content (AvgIpc) is 3.23. The maximum atomic E-state index is 14.1. The van der Waals surface area contributed by atoms with E-state index in [0.717, 1.165) is 12.0 Å². The number of fused-ring (bicyclic) bond motifs is 1. The van der Waals surface area contributed by atoms with E-state index in [-0.39, 0.29) is 17.9 Å². The molecule has 0 amide bonds. The molecule has 1 aromatic carbocycles. The van der Waals surface area contributed by atoms with Gasteiger partial charge in [-0.15, -0.1) is 0 Å². The zero-order valence-corrected chi connectivity index (χ0v) is 19.3. The Morgan fingerprint density at radius 3 is 2.82 bits per heavy atom. The topological polar surface area (TPSA) is 125 Å². The number of aryl methyl sites for hydroxylation is 1. The second-order valence-corrected chi connectivity index (χ2v) is 8.21. The predicted octanol–water partition coefficient (Wildman–Crippen LogP) is 1.88. The molecule has 3 heterocycles. The number of hydrogen-bond donors (Lipinski definition) is 3. The van der Waals surface area contributed by atoms with Crippen LogP contribution in [0.1, 0.15) is 27.9 Å². The van der Waals surface area contributed by atoms with E-state index in [1.54, 1.807) is 31.2 Å². The van der Waals surface area contributed by atoms with Gasteiger partial charge in [-0.25, -0.2) is 14.2 Å². The first-order chi connectivity index (χ1) is 16.3. The van der Waals surface area contributed by atoms with Crippen LogP contribution >= 0.6 is 0 Å². The van der Waals surface area contributed by atoms with Crippen LogP contribution in [0, 0.1) is 12.7 Å². The summed E-state index contributed by atoms with van der Waals surface area (Å²) in [6.45, 7) is 3.02. The van der Waals surface area contributed by atoms with Gasteiger partial charge in [0.1, 0.15) is 11.9 Å². The second-order valence-electron chi connectivity index (χ2n) is 8.21. The van der Waals surface area contributed by atoms with E-state index >= 15 is 0 Å². The van der Waals surface area contributed by atoms with Crippen molar-refractivity contribution in [2.45, 2.75) is 25.5 Å². The number of pyridine rings is 1. The van der Waals surface area contributed by atoms with E-state index in [0.29, 0.717) is 47.3 Å². The Morgan fingerprint density at radius 1 is 1.32 bits per heavy atom. The minimum absolute atomic E-state index is 0.0789. The molecule has 2 aliphatic rings. The van der Waals surface area contributed by atoms with Gasteiger partial charge in [0.15, 0.2) is 11.6 Å². The van der Waals surface area contributed by atoms with Crippen LogP contribution in [0.2, 0.25) is 0 Å². The lowest BCUT2D eigenvalue weighted by Gasteiger charge is -2.34. The summed E-state index contributed by atoms with van der Waals surface area (Å²) < 4.78 is 30.2. The first-order valence-electron chi connectivity index (χ1n) is 10.8. The number of para-hydroxylation sites is 1. The number of nitrogens with one attached hydrogen (secondary N) is 1. The number of nitrogens with zero attached hydrogens (tertiary/aromatic N) is 2. The fourth-order valence-electron chi connectivity index (χ4n) is 4.34. The number of rotatable bonds is 6. The fraction of sp³-hybridized carbons (Fsp3) is 0.333. The first-order valence-corrected chi connectivity index (χ1v) is 10.8. The molecule has 180 valence electrons. The van der Waals surface area contributed by atoms with E-state index in [1.165, 1.54) is 26.5 Å². The van der Waals surface area contributed by atoms with Crippen LogP contribution in [0.4, 0.5) is 4.39 Å². The van der Waals surface area contributed by atoms with Gasteiger partial charge in [-0.2, -0.15) is 0 Å². The van der Waals surface area contributed by atoms with Crippen LogP contribution in [-0.4, -0.2) is 55.3 Å². The molecular formula is C24H28FN5O4. The Labute approximate surface area is 197 Å². The van der Waals surface area contributed by atoms with Gasteiger partial charge in [0.25, 0.3) is 0 Å². The number of carbonyl (C=O) groups is 1. The standard InChI is InChI=1S/C24H28FN5O4/c1-13-7-21(28-11-17(13)24(31)33-3)34-15-8-14-10-29-23(27)20(30(14)12-15)9-19(26)16-5-4-6-18(25)22(16)32-2/h4-7,9,11,14-15,29H,8,10,12,26-27H2,1-3H3/b19-9-. The number of halogens is 1. The summed E-state index contributed by atoms with van der Waals surface area (Å²) in [6.07, 6.45) is 3.77. The van der Waals surface area contributed by atoms with Crippen molar-refractivity contribution in [3.63, 3.8) is 0 Å². The summed E-state index contributed by atoms with van der Waals surface area (Å²) in [7, 11) is 2.73. The van der Waals surface area contributed by atoms with Gasteiger partial charge in [0, 0.05) is 36.5 Å². The van der Waals surface area contributed by atoms with Gasteiger partial charge >= 0.3 is 5.97 Å². The molecule has 0 radical (unpaired) electrons. The highest BCUT2D eigenvalue weighted by atomic mass is 19.1. The molecule has 10 heteroatoms. The highest BCUT2D eigenvalue weighted by molar-refractivity contribution is 5.90. The average molecular weight is 470 g/mol. The number of benzene rings is 1. The van der Waals surface area contributed by atoms with Gasteiger partial charge < -0.3 is 35.9 Å². The van der Waals surface area contributed by atoms with Gasteiger partial charge in [0.05, 0.1) is 38.1 Å².